The molecule has 0 aliphatic heterocycles. The number of hydrogen-bond donors (Lipinski definition) is 4. The zero-order valence-corrected chi connectivity index (χ0v) is 17.0. The Morgan fingerprint density at radius 1 is 1.45 bits per heavy atom. The molecule has 1 aliphatic carbocycles. The van der Waals surface area contributed by atoms with Crippen molar-refractivity contribution in [3.05, 3.63) is 28.6 Å². The molecular formula is C20H29N9. The average molecular weight is 396 g/mol. The molecule has 2 heterocycles. The highest BCUT2D eigenvalue weighted by atomic mass is 15.3. The summed E-state index contributed by atoms with van der Waals surface area (Å²) in [6.07, 6.45) is 7.21. The van der Waals surface area contributed by atoms with Gasteiger partial charge in [0, 0.05) is 30.4 Å². The number of fused-ring (bicyclic) bond motifs is 1. The molecule has 2 aromatic heterocycles. The summed E-state index contributed by atoms with van der Waals surface area (Å²) in [4.78, 5) is 9.12. The third-order valence-electron chi connectivity index (χ3n) is 5.51. The van der Waals surface area contributed by atoms with Gasteiger partial charge in [0.25, 0.3) is 0 Å². The lowest BCUT2D eigenvalue weighted by Crippen LogP contribution is -2.35. The number of nitrogen functional groups attached to an aromatic ring is 1. The molecule has 0 radical (unpaired) electrons. The summed E-state index contributed by atoms with van der Waals surface area (Å²) in [7, 11) is 0. The molecule has 1 fully saturated rings. The van der Waals surface area contributed by atoms with Gasteiger partial charge in [0.05, 0.1) is 11.7 Å². The molecule has 29 heavy (non-hydrogen) atoms. The van der Waals surface area contributed by atoms with Gasteiger partial charge in [-0.3, -0.25) is 4.99 Å². The van der Waals surface area contributed by atoms with Crippen LogP contribution in [0.1, 0.15) is 43.0 Å². The third kappa shape index (κ3) is 4.17. The number of nitrogens with zero attached hydrogens (tertiary/aromatic N) is 5. The second-order valence-electron chi connectivity index (χ2n) is 7.34. The van der Waals surface area contributed by atoms with E-state index in [9.17, 15) is 5.26 Å². The molecular weight excluding hydrogens is 366 g/mol. The lowest BCUT2D eigenvalue weighted by Gasteiger charge is -2.32. The van der Waals surface area contributed by atoms with Crippen LogP contribution in [0.3, 0.4) is 0 Å². The average Bonchev–Trinajstić information content (AvgIpc) is 3.00. The number of aryl methyl sites for hydroxylation is 2. The molecule has 0 saturated heterocycles. The van der Waals surface area contributed by atoms with Crippen LogP contribution in [0, 0.1) is 24.2 Å². The van der Waals surface area contributed by atoms with Gasteiger partial charge < -0.3 is 22.5 Å². The Hall–Kier alpha value is -3.12. The molecule has 9 nitrogen and oxygen atoms in total. The number of allylic oxidation sites excluding steroid dienone is 1. The van der Waals surface area contributed by atoms with Crippen LogP contribution in [-0.2, 0) is 6.42 Å². The molecule has 2 unspecified atom stereocenters. The topological polar surface area (TPSA) is 156 Å². The first-order valence-corrected chi connectivity index (χ1v) is 9.99. The minimum atomic E-state index is 0.282. The van der Waals surface area contributed by atoms with Gasteiger partial charge in [0.2, 0.25) is 0 Å². The predicted octanol–water partition coefficient (Wildman–Crippen LogP) is 1.51. The van der Waals surface area contributed by atoms with E-state index in [4.69, 9.17) is 17.2 Å². The van der Waals surface area contributed by atoms with E-state index in [-0.39, 0.29) is 11.4 Å². The smallest absolute Gasteiger partial charge is 0.163 e. The second kappa shape index (κ2) is 8.92. The number of anilines is 2. The first kappa shape index (κ1) is 20.6. The van der Waals surface area contributed by atoms with Crippen molar-refractivity contribution >= 4 is 23.5 Å². The number of nitrogens with one attached hydrogen (secondary N) is 1. The van der Waals surface area contributed by atoms with Crippen LogP contribution in [0.4, 0.5) is 11.6 Å². The Kier molecular flexibility index (Phi) is 6.34. The molecule has 0 spiro atoms. The minimum Gasteiger partial charge on any atom is -0.402 e. The molecule has 0 bridgehead atoms. The van der Waals surface area contributed by atoms with Gasteiger partial charge in [-0.15, -0.1) is 0 Å². The van der Waals surface area contributed by atoms with Crippen molar-refractivity contribution in [3.63, 3.8) is 0 Å². The summed E-state index contributed by atoms with van der Waals surface area (Å²) >= 11 is 0. The van der Waals surface area contributed by atoms with Crippen molar-refractivity contribution in [2.45, 2.75) is 45.6 Å². The molecule has 9 heteroatoms. The van der Waals surface area contributed by atoms with Crippen LogP contribution in [0.25, 0.3) is 5.65 Å². The summed E-state index contributed by atoms with van der Waals surface area (Å²) in [5, 5.41) is 17.1. The lowest BCUT2D eigenvalue weighted by atomic mass is 9.80. The molecule has 1 aliphatic rings. The summed E-state index contributed by atoms with van der Waals surface area (Å²) in [6, 6.07) is 2.45. The summed E-state index contributed by atoms with van der Waals surface area (Å²) < 4.78 is 1.54. The predicted molar refractivity (Wildman–Crippen MR) is 116 cm³/mol. The largest absolute Gasteiger partial charge is 0.402 e. The van der Waals surface area contributed by atoms with E-state index < -0.39 is 0 Å². The van der Waals surface area contributed by atoms with E-state index in [1.165, 1.54) is 4.52 Å². The van der Waals surface area contributed by atoms with E-state index in [0.717, 1.165) is 30.5 Å². The van der Waals surface area contributed by atoms with Crippen molar-refractivity contribution in [1.82, 2.24) is 14.6 Å². The van der Waals surface area contributed by atoms with Crippen molar-refractivity contribution in [1.29, 1.82) is 5.26 Å². The van der Waals surface area contributed by atoms with E-state index in [2.05, 4.69) is 26.5 Å². The molecule has 2 atom stereocenters. The monoisotopic (exact) mass is 395 g/mol. The van der Waals surface area contributed by atoms with E-state index >= 15 is 0 Å². The second-order valence-corrected chi connectivity index (χ2v) is 7.34. The maximum Gasteiger partial charge on any atom is 0.163 e. The van der Waals surface area contributed by atoms with E-state index in [0.29, 0.717) is 48.6 Å². The first-order valence-electron chi connectivity index (χ1n) is 9.99. The SMILES string of the molecule is CCc1c(C)nn2c(N)c(C#N)c(NCCC(N)=CC=NC3CCC3CN)nc12. The summed E-state index contributed by atoms with van der Waals surface area (Å²) in [5.41, 5.74) is 21.5. The van der Waals surface area contributed by atoms with Crippen LogP contribution >= 0.6 is 0 Å². The zero-order chi connectivity index (χ0) is 21.0. The molecule has 7 N–H and O–H groups in total. The molecule has 154 valence electrons. The highest BCUT2D eigenvalue weighted by Crippen LogP contribution is 2.29. The number of aliphatic imine (C=N–C) groups is 1. The summed E-state index contributed by atoms with van der Waals surface area (Å²) in [5.74, 6) is 1.24. The van der Waals surface area contributed by atoms with Crippen molar-refractivity contribution in [2.75, 3.05) is 24.1 Å². The van der Waals surface area contributed by atoms with Gasteiger partial charge >= 0.3 is 0 Å². The number of aromatic nitrogens is 3. The standard InChI is InChI=1S/C20H29N9/c1-3-15-12(2)28-29-18(24)16(11-22)19(27-20(15)29)26-9-7-14(23)6-8-25-17-5-4-13(17)10-21/h6,8,13,17H,3-5,7,9-10,21,23-24H2,1-2H3,(H,26,27). The lowest BCUT2D eigenvalue weighted by molar-refractivity contribution is 0.268. The van der Waals surface area contributed by atoms with Crippen molar-refractivity contribution in [3.8, 4) is 6.07 Å². The van der Waals surface area contributed by atoms with Crippen LogP contribution in [0.2, 0.25) is 0 Å². The van der Waals surface area contributed by atoms with E-state index in [1.807, 2.05) is 19.9 Å². The minimum absolute atomic E-state index is 0.282. The van der Waals surface area contributed by atoms with Gasteiger partial charge in [-0.2, -0.15) is 14.9 Å². The molecule has 0 amide bonds. The first-order chi connectivity index (χ1) is 14.0. The third-order valence-corrected chi connectivity index (χ3v) is 5.51. The van der Waals surface area contributed by atoms with Gasteiger partial charge in [0.15, 0.2) is 5.65 Å². The van der Waals surface area contributed by atoms with Crippen LogP contribution in [0.5, 0.6) is 0 Å². The molecule has 3 rings (SSSR count). The van der Waals surface area contributed by atoms with Crippen molar-refractivity contribution < 1.29 is 0 Å². The van der Waals surface area contributed by atoms with Gasteiger partial charge in [-0.1, -0.05) is 6.92 Å². The normalized spacial score (nSPS) is 19.4. The maximum absolute atomic E-state index is 9.53. The number of rotatable bonds is 8. The van der Waals surface area contributed by atoms with Gasteiger partial charge in [-0.25, -0.2) is 4.98 Å². The van der Waals surface area contributed by atoms with E-state index in [1.54, 1.807) is 6.21 Å². The van der Waals surface area contributed by atoms with Gasteiger partial charge in [-0.05, 0) is 44.7 Å². The number of nitriles is 1. The Bertz CT molecular complexity index is 978. The maximum atomic E-state index is 9.53. The number of hydrogen-bond acceptors (Lipinski definition) is 8. The molecule has 2 aromatic rings. The molecule has 1 saturated carbocycles. The van der Waals surface area contributed by atoms with Gasteiger partial charge in [0.1, 0.15) is 23.3 Å². The Balaban J connectivity index is 1.68. The van der Waals surface area contributed by atoms with Crippen molar-refractivity contribution in [2.24, 2.45) is 22.4 Å². The fraction of sp³-hybridized carbons (Fsp3) is 0.500. The summed E-state index contributed by atoms with van der Waals surface area (Å²) in [6.45, 7) is 5.16. The highest BCUT2D eigenvalue weighted by molar-refractivity contribution is 5.72. The Morgan fingerprint density at radius 3 is 2.86 bits per heavy atom. The Morgan fingerprint density at radius 2 is 2.24 bits per heavy atom. The van der Waals surface area contributed by atoms with Crippen LogP contribution in [0.15, 0.2) is 16.8 Å². The van der Waals surface area contributed by atoms with Crippen LogP contribution < -0.4 is 22.5 Å². The Labute approximate surface area is 170 Å². The fourth-order valence-corrected chi connectivity index (χ4v) is 3.55. The molecule has 0 aromatic carbocycles. The highest BCUT2D eigenvalue weighted by Gasteiger charge is 2.28. The zero-order valence-electron chi connectivity index (χ0n) is 17.0. The quantitative estimate of drug-likeness (QED) is 0.493. The van der Waals surface area contributed by atoms with Crippen LogP contribution in [-0.4, -0.2) is 39.9 Å². The fourth-order valence-electron chi connectivity index (χ4n) is 3.55. The number of nitrogens with two attached hydrogens (primary N) is 3.